The number of benzene rings is 1. The average molecular weight is 329 g/mol. The second kappa shape index (κ2) is 8.08. The highest BCUT2D eigenvalue weighted by atomic mass is 16.7. The number of carbonyl (C=O) groups excluding carboxylic acids is 2. The molecule has 0 radical (unpaired) electrons. The molecule has 0 saturated carbocycles. The van der Waals surface area contributed by atoms with Gasteiger partial charge >= 0.3 is 0 Å². The van der Waals surface area contributed by atoms with Crippen LogP contribution in [-0.2, 0) is 14.4 Å². The predicted octanol–water partition coefficient (Wildman–Crippen LogP) is 1.05. The van der Waals surface area contributed by atoms with E-state index in [1.807, 2.05) is 47.4 Å². The molecule has 0 aliphatic carbocycles. The molecule has 24 heavy (non-hydrogen) atoms. The highest BCUT2D eigenvalue weighted by molar-refractivity contribution is 5.88. The first-order valence-electron chi connectivity index (χ1n) is 8.40. The average Bonchev–Trinajstić information content (AvgIpc) is 3.13. The molecule has 1 aromatic carbocycles. The van der Waals surface area contributed by atoms with Crippen LogP contribution in [0.1, 0.15) is 18.4 Å². The van der Waals surface area contributed by atoms with Gasteiger partial charge in [-0.05, 0) is 12.0 Å². The summed E-state index contributed by atoms with van der Waals surface area (Å²) in [6.45, 7) is 3.18. The van der Waals surface area contributed by atoms with E-state index in [0.29, 0.717) is 26.2 Å². The van der Waals surface area contributed by atoms with Crippen molar-refractivity contribution in [3.63, 3.8) is 0 Å². The molecule has 2 aliphatic rings. The van der Waals surface area contributed by atoms with Crippen LogP contribution in [0.25, 0.3) is 6.08 Å². The Bertz CT molecular complexity index is 597. The first-order chi connectivity index (χ1) is 11.7. The number of hydrogen-bond acceptors (Lipinski definition) is 4. The van der Waals surface area contributed by atoms with Crippen molar-refractivity contribution in [1.82, 2.24) is 15.3 Å². The van der Waals surface area contributed by atoms with Crippen molar-refractivity contribution in [2.75, 3.05) is 32.8 Å². The first-order valence-corrected chi connectivity index (χ1v) is 8.40. The standard InChI is InChI=1S/C18H23N3O3/c22-17(21-11-5-13-24-21)14-16-18(23)19-9-12-20(16)10-4-8-15-6-2-1-3-7-15/h1-4,6-8,16H,5,9-14H2,(H,19,23)/b8-4+/t16-/m0/s1. The molecule has 2 amide bonds. The summed E-state index contributed by atoms with van der Waals surface area (Å²) in [5, 5.41) is 4.24. The van der Waals surface area contributed by atoms with Crippen molar-refractivity contribution in [3.05, 3.63) is 42.0 Å². The third-order valence-electron chi connectivity index (χ3n) is 4.29. The van der Waals surface area contributed by atoms with E-state index in [4.69, 9.17) is 4.84 Å². The molecule has 2 heterocycles. The van der Waals surface area contributed by atoms with Gasteiger partial charge in [-0.3, -0.25) is 19.3 Å². The van der Waals surface area contributed by atoms with E-state index in [1.165, 1.54) is 5.06 Å². The van der Waals surface area contributed by atoms with Crippen LogP contribution in [0.2, 0.25) is 0 Å². The Morgan fingerprint density at radius 2 is 2.12 bits per heavy atom. The maximum atomic E-state index is 12.3. The SMILES string of the molecule is O=C1NCCN(C/C=C/c2ccccc2)[C@H]1CC(=O)N1CCCO1. The van der Waals surface area contributed by atoms with Crippen LogP contribution in [0.5, 0.6) is 0 Å². The Balaban J connectivity index is 1.60. The van der Waals surface area contributed by atoms with E-state index in [9.17, 15) is 9.59 Å². The Hall–Kier alpha value is -2.18. The summed E-state index contributed by atoms with van der Waals surface area (Å²) in [4.78, 5) is 31.8. The maximum absolute atomic E-state index is 12.3. The van der Waals surface area contributed by atoms with Crippen LogP contribution < -0.4 is 5.32 Å². The van der Waals surface area contributed by atoms with Crippen molar-refractivity contribution in [2.24, 2.45) is 0 Å². The third kappa shape index (κ3) is 4.21. The lowest BCUT2D eigenvalue weighted by molar-refractivity contribution is -0.171. The summed E-state index contributed by atoms with van der Waals surface area (Å²) in [6.07, 6.45) is 5.09. The number of hydroxylamine groups is 2. The molecule has 2 aliphatic heterocycles. The number of nitrogens with one attached hydrogen (secondary N) is 1. The number of rotatable bonds is 5. The van der Waals surface area contributed by atoms with Crippen LogP contribution >= 0.6 is 0 Å². The van der Waals surface area contributed by atoms with Gasteiger partial charge in [0.25, 0.3) is 0 Å². The Labute approximate surface area is 142 Å². The van der Waals surface area contributed by atoms with E-state index < -0.39 is 6.04 Å². The first kappa shape index (κ1) is 16.7. The Morgan fingerprint density at radius 3 is 2.88 bits per heavy atom. The number of carbonyl (C=O) groups is 2. The molecule has 0 spiro atoms. The molecule has 2 fully saturated rings. The lowest BCUT2D eigenvalue weighted by Gasteiger charge is -2.34. The highest BCUT2D eigenvalue weighted by Gasteiger charge is 2.33. The molecule has 128 valence electrons. The summed E-state index contributed by atoms with van der Waals surface area (Å²) >= 11 is 0. The summed E-state index contributed by atoms with van der Waals surface area (Å²) in [5.41, 5.74) is 1.12. The minimum absolute atomic E-state index is 0.0816. The molecular formula is C18H23N3O3. The second-order valence-corrected chi connectivity index (χ2v) is 6.00. The van der Waals surface area contributed by atoms with E-state index in [0.717, 1.165) is 18.5 Å². The minimum atomic E-state index is -0.434. The van der Waals surface area contributed by atoms with Gasteiger partial charge in [0.15, 0.2) is 0 Å². The van der Waals surface area contributed by atoms with Crippen LogP contribution in [0.3, 0.4) is 0 Å². The van der Waals surface area contributed by atoms with Gasteiger partial charge in [0.1, 0.15) is 0 Å². The summed E-state index contributed by atoms with van der Waals surface area (Å²) < 4.78 is 0. The van der Waals surface area contributed by atoms with Crippen molar-refractivity contribution < 1.29 is 14.4 Å². The Morgan fingerprint density at radius 1 is 1.29 bits per heavy atom. The maximum Gasteiger partial charge on any atom is 0.248 e. The lowest BCUT2D eigenvalue weighted by Crippen LogP contribution is -2.56. The second-order valence-electron chi connectivity index (χ2n) is 6.00. The monoisotopic (exact) mass is 329 g/mol. The van der Waals surface area contributed by atoms with Gasteiger partial charge in [-0.1, -0.05) is 42.5 Å². The van der Waals surface area contributed by atoms with Gasteiger partial charge in [-0.15, -0.1) is 0 Å². The van der Waals surface area contributed by atoms with Gasteiger partial charge in [-0.25, -0.2) is 5.06 Å². The van der Waals surface area contributed by atoms with E-state index in [-0.39, 0.29) is 18.2 Å². The summed E-state index contributed by atoms with van der Waals surface area (Å²) in [5.74, 6) is -0.200. The van der Waals surface area contributed by atoms with Crippen molar-refractivity contribution >= 4 is 17.9 Å². The molecule has 1 N–H and O–H groups in total. The zero-order valence-electron chi connectivity index (χ0n) is 13.7. The molecule has 6 nitrogen and oxygen atoms in total. The van der Waals surface area contributed by atoms with E-state index in [1.54, 1.807) is 0 Å². The quantitative estimate of drug-likeness (QED) is 0.877. The number of hydrogen-bond donors (Lipinski definition) is 1. The normalized spacial score (nSPS) is 22.1. The number of amides is 2. The molecule has 2 saturated heterocycles. The predicted molar refractivity (Wildman–Crippen MR) is 90.7 cm³/mol. The van der Waals surface area contributed by atoms with Crippen LogP contribution in [0, 0.1) is 0 Å². The topological polar surface area (TPSA) is 61.9 Å². The lowest BCUT2D eigenvalue weighted by atomic mass is 10.1. The molecule has 0 bridgehead atoms. The van der Waals surface area contributed by atoms with E-state index in [2.05, 4.69) is 5.32 Å². The molecule has 0 unspecified atom stereocenters. The van der Waals surface area contributed by atoms with Gasteiger partial charge < -0.3 is 5.32 Å². The molecule has 3 rings (SSSR count). The minimum Gasteiger partial charge on any atom is -0.353 e. The van der Waals surface area contributed by atoms with Crippen LogP contribution in [0.15, 0.2) is 36.4 Å². The van der Waals surface area contributed by atoms with Gasteiger partial charge in [0.2, 0.25) is 11.8 Å². The van der Waals surface area contributed by atoms with E-state index >= 15 is 0 Å². The molecule has 1 atom stereocenters. The molecule has 6 heteroatoms. The van der Waals surface area contributed by atoms with Crippen LogP contribution in [-0.4, -0.2) is 60.6 Å². The summed E-state index contributed by atoms with van der Waals surface area (Å²) in [6, 6.07) is 9.60. The number of piperazine rings is 1. The zero-order chi connectivity index (χ0) is 16.8. The van der Waals surface area contributed by atoms with Crippen molar-refractivity contribution in [2.45, 2.75) is 18.9 Å². The van der Waals surface area contributed by atoms with Crippen LogP contribution in [0.4, 0.5) is 0 Å². The molecule has 0 aromatic heterocycles. The van der Waals surface area contributed by atoms with Crippen molar-refractivity contribution in [3.8, 4) is 0 Å². The summed E-state index contributed by atoms with van der Waals surface area (Å²) in [7, 11) is 0. The van der Waals surface area contributed by atoms with Gasteiger partial charge in [0.05, 0.1) is 25.6 Å². The highest BCUT2D eigenvalue weighted by Crippen LogP contribution is 2.14. The smallest absolute Gasteiger partial charge is 0.248 e. The fourth-order valence-corrected chi connectivity index (χ4v) is 3.00. The molecular weight excluding hydrogens is 306 g/mol. The van der Waals surface area contributed by atoms with Crippen molar-refractivity contribution in [1.29, 1.82) is 0 Å². The van der Waals surface area contributed by atoms with Gasteiger partial charge in [0, 0.05) is 19.6 Å². The molecule has 1 aromatic rings. The Kier molecular flexibility index (Phi) is 5.61. The number of nitrogens with zero attached hydrogens (tertiary/aromatic N) is 2. The fraction of sp³-hybridized carbons (Fsp3) is 0.444. The zero-order valence-corrected chi connectivity index (χ0v) is 13.7. The largest absolute Gasteiger partial charge is 0.353 e. The third-order valence-corrected chi connectivity index (χ3v) is 4.29. The van der Waals surface area contributed by atoms with Gasteiger partial charge in [-0.2, -0.15) is 0 Å². The fourth-order valence-electron chi connectivity index (χ4n) is 3.00.